The molecular formula is C14H20O3. The van der Waals surface area contributed by atoms with Gasteiger partial charge < -0.3 is 14.6 Å². The van der Waals surface area contributed by atoms with E-state index < -0.39 is 6.10 Å². The summed E-state index contributed by atoms with van der Waals surface area (Å²) < 4.78 is 11.0. The van der Waals surface area contributed by atoms with Crippen LogP contribution in [0.3, 0.4) is 0 Å². The molecule has 0 heterocycles. The highest BCUT2D eigenvalue weighted by Crippen LogP contribution is 2.41. The third-order valence-corrected chi connectivity index (χ3v) is 3.21. The van der Waals surface area contributed by atoms with E-state index in [-0.39, 0.29) is 6.10 Å². The second kappa shape index (κ2) is 5.52. The van der Waals surface area contributed by atoms with E-state index in [1.807, 2.05) is 31.2 Å². The molecule has 0 amide bonds. The fourth-order valence-corrected chi connectivity index (χ4v) is 2.19. The van der Waals surface area contributed by atoms with Crippen LogP contribution in [0.15, 0.2) is 24.3 Å². The number of hydrogen-bond acceptors (Lipinski definition) is 3. The second-order valence-corrected chi connectivity index (χ2v) is 4.44. The van der Waals surface area contributed by atoms with E-state index in [1.54, 1.807) is 7.11 Å². The molecule has 0 radical (unpaired) electrons. The minimum absolute atomic E-state index is 0.101. The summed E-state index contributed by atoms with van der Waals surface area (Å²) in [5.41, 5.74) is 0.820. The first-order valence-corrected chi connectivity index (χ1v) is 6.20. The van der Waals surface area contributed by atoms with E-state index >= 15 is 0 Å². The maximum absolute atomic E-state index is 10.4. The first kappa shape index (κ1) is 12.4. The molecule has 0 aliphatic heterocycles. The molecule has 17 heavy (non-hydrogen) atoms. The van der Waals surface area contributed by atoms with E-state index in [9.17, 15) is 5.11 Å². The third kappa shape index (κ3) is 2.79. The van der Waals surface area contributed by atoms with Gasteiger partial charge in [-0.25, -0.2) is 0 Å². The van der Waals surface area contributed by atoms with Crippen molar-refractivity contribution in [2.24, 2.45) is 5.92 Å². The summed E-state index contributed by atoms with van der Waals surface area (Å²) in [7, 11) is 1.62. The van der Waals surface area contributed by atoms with Crippen LogP contribution in [0.4, 0.5) is 0 Å². The van der Waals surface area contributed by atoms with Gasteiger partial charge in [-0.15, -0.1) is 0 Å². The lowest BCUT2D eigenvalue weighted by Crippen LogP contribution is -2.25. The first-order valence-electron chi connectivity index (χ1n) is 6.20. The highest BCUT2D eigenvalue weighted by molar-refractivity contribution is 5.35. The van der Waals surface area contributed by atoms with Crippen molar-refractivity contribution in [1.82, 2.24) is 0 Å². The molecule has 1 aromatic carbocycles. The number of aliphatic hydroxyl groups is 1. The minimum Gasteiger partial charge on any atom is -0.496 e. The Morgan fingerprint density at radius 3 is 2.65 bits per heavy atom. The molecule has 1 aromatic rings. The number of aliphatic hydroxyl groups excluding tert-OH is 1. The Labute approximate surface area is 102 Å². The maximum Gasteiger partial charge on any atom is 0.124 e. The smallest absolute Gasteiger partial charge is 0.124 e. The van der Waals surface area contributed by atoms with Crippen molar-refractivity contribution < 1.29 is 14.6 Å². The van der Waals surface area contributed by atoms with Crippen molar-refractivity contribution in [2.45, 2.75) is 32.0 Å². The predicted octanol–water partition coefficient (Wildman–Crippen LogP) is 2.54. The lowest BCUT2D eigenvalue weighted by molar-refractivity contribution is -0.0469. The monoisotopic (exact) mass is 236 g/mol. The average Bonchev–Trinajstić information content (AvgIpc) is 3.19. The van der Waals surface area contributed by atoms with Crippen molar-refractivity contribution in [3.63, 3.8) is 0 Å². The van der Waals surface area contributed by atoms with Gasteiger partial charge in [-0.1, -0.05) is 18.2 Å². The molecule has 1 fully saturated rings. The molecule has 3 nitrogen and oxygen atoms in total. The summed E-state index contributed by atoms with van der Waals surface area (Å²) in [5.74, 6) is 1.22. The quantitative estimate of drug-likeness (QED) is 0.825. The number of benzene rings is 1. The van der Waals surface area contributed by atoms with Crippen molar-refractivity contribution >= 4 is 0 Å². The second-order valence-electron chi connectivity index (χ2n) is 4.44. The lowest BCUT2D eigenvalue weighted by atomic mass is 10.00. The largest absolute Gasteiger partial charge is 0.496 e. The fourth-order valence-electron chi connectivity index (χ4n) is 2.19. The maximum atomic E-state index is 10.4. The van der Waals surface area contributed by atoms with Gasteiger partial charge in [-0.2, -0.15) is 0 Å². The number of ether oxygens (including phenoxy) is 2. The molecule has 2 rings (SSSR count). The van der Waals surface area contributed by atoms with E-state index in [2.05, 4.69) is 0 Å². The van der Waals surface area contributed by atoms with Gasteiger partial charge in [0.1, 0.15) is 11.9 Å². The topological polar surface area (TPSA) is 38.7 Å². The van der Waals surface area contributed by atoms with Gasteiger partial charge in [0.25, 0.3) is 0 Å². The molecule has 0 saturated heterocycles. The predicted molar refractivity (Wildman–Crippen MR) is 66.1 cm³/mol. The summed E-state index contributed by atoms with van der Waals surface area (Å²) in [6.07, 6.45) is 1.60. The highest BCUT2D eigenvalue weighted by Gasteiger charge is 2.38. The van der Waals surface area contributed by atoms with Gasteiger partial charge in [0.05, 0.1) is 13.2 Å². The van der Waals surface area contributed by atoms with Gasteiger partial charge in [0, 0.05) is 12.2 Å². The summed E-state index contributed by atoms with van der Waals surface area (Å²) in [5, 5.41) is 10.4. The highest BCUT2D eigenvalue weighted by atomic mass is 16.5. The zero-order valence-electron chi connectivity index (χ0n) is 10.4. The molecule has 0 aromatic heterocycles. The average molecular weight is 236 g/mol. The zero-order valence-corrected chi connectivity index (χ0v) is 10.4. The molecule has 0 spiro atoms. The van der Waals surface area contributed by atoms with Crippen LogP contribution in [0.1, 0.15) is 31.4 Å². The Kier molecular flexibility index (Phi) is 4.02. The minimum atomic E-state index is -0.599. The van der Waals surface area contributed by atoms with E-state index in [0.29, 0.717) is 12.5 Å². The zero-order chi connectivity index (χ0) is 12.3. The number of hydrogen-bond donors (Lipinski definition) is 1. The van der Waals surface area contributed by atoms with E-state index in [0.717, 1.165) is 24.2 Å². The van der Waals surface area contributed by atoms with Crippen molar-refractivity contribution in [3.05, 3.63) is 29.8 Å². The summed E-state index contributed by atoms with van der Waals surface area (Å²) in [6, 6.07) is 7.59. The van der Waals surface area contributed by atoms with Crippen LogP contribution >= 0.6 is 0 Å². The standard InChI is InChI=1S/C14H20O3/c1-3-17-14(10-8-9-10)13(15)11-6-4-5-7-12(11)16-2/h4-7,10,13-15H,3,8-9H2,1-2H3. The van der Waals surface area contributed by atoms with Crippen LogP contribution in [0.5, 0.6) is 5.75 Å². The Hall–Kier alpha value is -1.06. The molecule has 3 heteroatoms. The Bertz CT molecular complexity index is 360. The van der Waals surface area contributed by atoms with Gasteiger partial charge >= 0.3 is 0 Å². The normalized spacial score (nSPS) is 18.8. The molecule has 1 saturated carbocycles. The number of rotatable bonds is 6. The van der Waals surface area contributed by atoms with Gasteiger partial charge in [-0.3, -0.25) is 0 Å². The molecule has 2 unspecified atom stereocenters. The van der Waals surface area contributed by atoms with E-state index in [1.165, 1.54) is 0 Å². The van der Waals surface area contributed by atoms with Crippen molar-refractivity contribution in [1.29, 1.82) is 0 Å². The van der Waals surface area contributed by atoms with Gasteiger partial charge in [0.15, 0.2) is 0 Å². The fraction of sp³-hybridized carbons (Fsp3) is 0.571. The Morgan fingerprint density at radius 1 is 1.35 bits per heavy atom. The molecule has 1 N–H and O–H groups in total. The van der Waals surface area contributed by atoms with Crippen LogP contribution in [0, 0.1) is 5.92 Å². The van der Waals surface area contributed by atoms with E-state index in [4.69, 9.17) is 9.47 Å². The van der Waals surface area contributed by atoms with Crippen LogP contribution in [-0.4, -0.2) is 24.9 Å². The number of methoxy groups -OCH3 is 1. The molecule has 94 valence electrons. The molecular weight excluding hydrogens is 216 g/mol. The van der Waals surface area contributed by atoms with Crippen molar-refractivity contribution in [2.75, 3.05) is 13.7 Å². The summed E-state index contributed by atoms with van der Waals surface area (Å²) >= 11 is 0. The molecule has 2 atom stereocenters. The van der Waals surface area contributed by atoms with Gasteiger partial charge in [-0.05, 0) is 31.7 Å². The van der Waals surface area contributed by atoms with Crippen LogP contribution in [0.2, 0.25) is 0 Å². The SMILES string of the molecule is CCOC(C1CC1)C(O)c1ccccc1OC. The first-order chi connectivity index (χ1) is 8.27. The Balaban J connectivity index is 2.18. The summed E-state index contributed by atoms with van der Waals surface area (Å²) in [6.45, 7) is 2.59. The van der Waals surface area contributed by atoms with Gasteiger partial charge in [0.2, 0.25) is 0 Å². The van der Waals surface area contributed by atoms with Crippen LogP contribution in [-0.2, 0) is 4.74 Å². The summed E-state index contributed by atoms with van der Waals surface area (Å²) in [4.78, 5) is 0. The Morgan fingerprint density at radius 2 is 2.06 bits per heavy atom. The third-order valence-electron chi connectivity index (χ3n) is 3.21. The number of para-hydroxylation sites is 1. The molecule has 0 bridgehead atoms. The van der Waals surface area contributed by atoms with Crippen LogP contribution in [0.25, 0.3) is 0 Å². The lowest BCUT2D eigenvalue weighted by Gasteiger charge is -2.24. The van der Waals surface area contributed by atoms with Crippen LogP contribution < -0.4 is 4.74 Å². The van der Waals surface area contributed by atoms with Crippen molar-refractivity contribution in [3.8, 4) is 5.75 Å². The molecule has 1 aliphatic carbocycles. The molecule has 1 aliphatic rings.